The van der Waals surface area contributed by atoms with E-state index in [2.05, 4.69) is 35.5 Å². The Balaban J connectivity index is 4.25. The number of rotatable bonds is 5. The SMILES string of the molecule is CC=NS(C)(C)(C)=CCOCCC. The Hall–Kier alpha value is -0.150. The van der Waals surface area contributed by atoms with Crippen molar-refractivity contribution in [3.8, 4) is 0 Å². The molecule has 3 heteroatoms. The van der Waals surface area contributed by atoms with Crippen LogP contribution in [0.2, 0.25) is 0 Å². The molecule has 0 rings (SSSR count). The average molecular weight is 205 g/mol. The summed E-state index contributed by atoms with van der Waals surface area (Å²) in [6.45, 7) is 5.64. The molecule has 80 valence electrons. The zero-order chi connectivity index (χ0) is 10.4. The Kier molecular flexibility index (Phi) is 4.86. The molecule has 0 N–H and O–H groups in total. The molecule has 0 unspecified atom stereocenters. The van der Waals surface area contributed by atoms with Crippen LogP contribution in [0, 0.1) is 0 Å². The molecule has 0 aliphatic heterocycles. The van der Waals surface area contributed by atoms with Crippen molar-refractivity contribution in [1.82, 2.24) is 0 Å². The summed E-state index contributed by atoms with van der Waals surface area (Å²) in [5, 5.41) is 2.22. The molecule has 2 nitrogen and oxygen atoms in total. The third-order valence-corrected chi connectivity index (χ3v) is 3.84. The summed E-state index contributed by atoms with van der Waals surface area (Å²) in [7, 11) is -1.66. The minimum absolute atomic E-state index is 0.719. The monoisotopic (exact) mass is 205 g/mol. The van der Waals surface area contributed by atoms with E-state index in [9.17, 15) is 0 Å². The number of hydrogen-bond donors (Lipinski definition) is 0. The van der Waals surface area contributed by atoms with Crippen molar-refractivity contribution < 1.29 is 4.74 Å². The van der Waals surface area contributed by atoms with Gasteiger partial charge in [-0.15, -0.1) is 0 Å². The van der Waals surface area contributed by atoms with E-state index in [1.807, 2.05) is 13.1 Å². The van der Waals surface area contributed by atoms with E-state index in [1.165, 1.54) is 0 Å². The van der Waals surface area contributed by atoms with Crippen molar-refractivity contribution in [2.24, 2.45) is 4.40 Å². The van der Waals surface area contributed by atoms with Gasteiger partial charge in [-0.2, -0.15) is 8.94 Å². The molecule has 0 bridgehead atoms. The molecule has 0 spiro atoms. The van der Waals surface area contributed by atoms with E-state index in [4.69, 9.17) is 4.74 Å². The first kappa shape index (κ1) is 12.8. The number of ether oxygens (including phenoxy) is 1. The van der Waals surface area contributed by atoms with Gasteiger partial charge in [0.15, 0.2) is 0 Å². The van der Waals surface area contributed by atoms with E-state index >= 15 is 0 Å². The molecule has 0 aliphatic carbocycles. The molecular weight excluding hydrogens is 182 g/mol. The number of nitrogens with zero attached hydrogens (tertiary/aromatic N) is 1. The zero-order valence-corrected chi connectivity index (χ0v) is 10.4. The van der Waals surface area contributed by atoms with Gasteiger partial charge in [0.1, 0.15) is 0 Å². The first-order chi connectivity index (χ1) is 5.89. The van der Waals surface area contributed by atoms with E-state index in [-0.39, 0.29) is 0 Å². The molecule has 13 heavy (non-hydrogen) atoms. The normalized spacial score (nSPS) is 15.6. The molecule has 0 aromatic rings. The average Bonchev–Trinajstić information content (AvgIpc) is 1.97. The lowest BCUT2D eigenvalue weighted by atomic mass is 10.5. The van der Waals surface area contributed by atoms with E-state index in [0.29, 0.717) is 0 Å². The molecule has 0 aromatic carbocycles. The molecular formula is C10H23NOS. The summed E-state index contributed by atoms with van der Waals surface area (Å²) in [6, 6.07) is 0. The van der Waals surface area contributed by atoms with Gasteiger partial charge in [0, 0.05) is 12.8 Å². The van der Waals surface area contributed by atoms with Gasteiger partial charge in [0.05, 0.1) is 6.61 Å². The fraction of sp³-hybridized carbons (Fsp3) is 0.800. The van der Waals surface area contributed by atoms with E-state index in [1.54, 1.807) is 0 Å². The zero-order valence-electron chi connectivity index (χ0n) is 9.54. The second-order valence-electron chi connectivity index (χ2n) is 4.19. The van der Waals surface area contributed by atoms with Crippen LogP contribution in [0.5, 0.6) is 0 Å². The van der Waals surface area contributed by atoms with Gasteiger partial charge in [-0.3, -0.25) is 4.40 Å². The summed E-state index contributed by atoms with van der Waals surface area (Å²) < 4.78 is 9.96. The largest absolute Gasteiger partial charge is 0.377 e. The maximum Gasteiger partial charge on any atom is 0.0702 e. The van der Waals surface area contributed by atoms with Crippen LogP contribution in [0.1, 0.15) is 20.3 Å². The molecule has 0 radical (unpaired) electrons. The van der Waals surface area contributed by atoms with Crippen molar-refractivity contribution in [1.29, 1.82) is 0 Å². The molecule has 0 amide bonds. The lowest BCUT2D eigenvalue weighted by Crippen LogP contribution is -2.07. The fourth-order valence-electron chi connectivity index (χ4n) is 0.930. The highest BCUT2D eigenvalue weighted by atomic mass is 32.3. The Bertz CT molecular complexity index is 226. The smallest absolute Gasteiger partial charge is 0.0702 e. The molecule has 0 atom stereocenters. The van der Waals surface area contributed by atoms with Crippen molar-refractivity contribution in [3.63, 3.8) is 0 Å². The number of hydrogen-bond acceptors (Lipinski definition) is 2. The minimum Gasteiger partial charge on any atom is -0.377 e. The van der Waals surface area contributed by atoms with Crippen LogP contribution in [-0.2, 0) is 4.74 Å². The second-order valence-corrected chi connectivity index (χ2v) is 9.90. The maximum atomic E-state index is 5.43. The van der Waals surface area contributed by atoms with Gasteiger partial charge in [-0.1, -0.05) is 6.92 Å². The third kappa shape index (κ3) is 6.96. The summed E-state index contributed by atoms with van der Waals surface area (Å²) in [5.41, 5.74) is 0. The maximum absolute atomic E-state index is 5.43. The first-order valence-electron chi connectivity index (χ1n) is 4.67. The van der Waals surface area contributed by atoms with Crippen LogP contribution in [0.4, 0.5) is 0 Å². The van der Waals surface area contributed by atoms with Crippen LogP contribution in [0.15, 0.2) is 4.40 Å². The van der Waals surface area contributed by atoms with Gasteiger partial charge < -0.3 is 4.74 Å². The topological polar surface area (TPSA) is 21.6 Å². The molecule has 0 saturated heterocycles. The molecule has 0 saturated carbocycles. The Morgan fingerprint density at radius 2 is 1.92 bits per heavy atom. The van der Waals surface area contributed by atoms with E-state index < -0.39 is 8.94 Å². The predicted octanol–water partition coefficient (Wildman–Crippen LogP) is 2.45. The van der Waals surface area contributed by atoms with Crippen LogP contribution < -0.4 is 0 Å². The van der Waals surface area contributed by atoms with Gasteiger partial charge in [-0.05, 0) is 37.5 Å². The highest BCUT2D eigenvalue weighted by Crippen LogP contribution is 2.47. The Morgan fingerprint density at radius 1 is 1.31 bits per heavy atom. The third-order valence-electron chi connectivity index (χ3n) is 1.59. The van der Waals surface area contributed by atoms with Gasteiger partial charge in [0.25, 0.3) is 0 Å². The summed E-state index contributed by atoms with van der Waals surface area (Å²) in [4.78, 5) is 0. The summed E-state index contributed by atoms with van der Waals surface area (Å²) in [5.74, 6) is 0. The van der Waals surface area contributed by atoms with Crippen LogP contribution >= 0.6 is 8.94 Å². The van der Waals surface area contributed by atoms with Crippen molar-refractivity contribution in [3.05, 3.63) is 0 Å². The highest BCUT2D eigenvalue weighted by molar-refractivity contribution is 8.44. The van der Waals surface area contributed by atoms with Gasteiger partial charge in [0.2, 0.25) is 0 Å². The summed E-state index contributed by atoms with van der Waals surface area (Å²) in [6.07, 6.45) is 9.57. The van der Waals surface area contributed by atoms with E-state index in [0.717, 1.165) is 19.6 Å². The summed E-state index contributed by atoms with van der Waals surface area (Å²) >= 11 is 0. The van der Waals surface area contributed by atoms with Gasteiger partial charge >= 0.3 is 0 Å². The van der Waals surface area contributed by atoms with Crippen molar-refractivity contribution >= 4 is 20.5 Å². The highest BCUT2D eigenvalue weighted by Gasteiger charge is 2.09. The lowest BCUT2D eigenvalue weighted by Gasteiger charge is -2.32. The van der Waals surface area contributed by atoms with Crippen LogP contribution in [0.25, 0.3) is 0 Å². The van der Waals surface area contributed by atoms with Crippen molar-refractivity contribution in [2.75, 3.05) is 32.0 Å². The van der Waals surface area contributed by atoms with Crippen LogP contribution in [-0.4, -0.2) is 43.6 Å². The minimum atomic E-state index is -1.66. The molecule has 0 aliphatic rings. The lowest BCUT2D eigenvalue weighted by molar-refractivity contribution is 0.176. The second kappa shape index (κ2) is 4.91. The fourth-order valence-corrected chi connectivity index (χ4v) is 2.34. The Labute approximate surface area is 82.4 Å². The van der Waals surface area contributed by atoms with Gasteiger partial charge in [-0.25, -0.2) is 0 Å². The standard InChI is InChI=1S/C10H23NOS/c1-6-8-12-9-10-13(3,4,5)11-7-2/h7,10H,6,8-9H2,1-5H3. The van der Waals surface area contributed by atoms with Crippen molar-refractivity contribution in [2.45, 2.75) is 20.3 Å². The molecule has 0 heterocycles. The molecule has 0 aromatic heterocycles. The first-order valence-corrected chi connectivity index (χ1v) is 7.96. The van der Waals surface area contributed by atoms with Crippen LogP contribution in [0.3, 0.4) is 0 Å². The quantitative estimate of drug-likeness (QED) is 0.384. The Morgan fingerprint density at radius 3 is 2.38 bits per heavy atom. The molecule has 0 fully saturated rings. The predicted molar refractivity (Wildman–Crippen MR) is 66.7 cm³/mol.